The molecule has 0 atom stereocenters. The van der Waals surface area contributed by atoms with Gasteiger partial charge in [-0.15, -0.1) is 0 Å². The van der Waals surface area contributed by atoms with E-state index in [0.29, 0.717) is 0 Å². The molecule has 4 nitrogen and oxygen atoms in total. The third-order valence-corrected chi connectivity index (χ3v) is 0.784. The van der Waals surface area contributed by atoms with Gasteiger partial charge in [0.15, 0.2) is 0 Å². The predicted molar refractivity (Wildman–Crippen MR) is 34.1 cm³/mol. The van der Waals surface area contributed by atoms with E-state index in [9.17, 15) is 0 Å². The van der Waals surface area contributed by atoms with Crippen LogP contribution >= 0.6 is 0 Å². The third kappa shape index (κ3) is 2.41. The van der Waals surface area contributed by atoms with Crippen molar-refractivity contribution in [1.29, 1.82) is 0 Å². The zero-order chi connectivity index (χ0) is 6.57. The molecule has 0 rings (SSSR count). The van der Waals surface area contributed by atoms with Gasteiger partial charge in [-0.3, -0.25) is 0 Å². The molecule has 48 valence electrons. The van der Waals surface area contributed by atoms with Gasteiger partial charge in [-0.25, -0.2) is 5.84 Å². The Kier molecular flexibility index (Phi) is 2.95. The van der Waals surface area contributed by atoms with E-state index in [1.807, 2.05) is 6.92 Å². The summed E-state index contributed by atoms with van der Waals surface area (Å²) < 4.78 is 0. The molecular weight excluding hydrogens is 104 g/mol. The van der Waals surface area contributed by atoms with Gasteiger partial charge in [0.05, 0.1) is 0 Å². The van der Waals surface area contributed by atoms with Crippen LogP contribution in [0.15, 0.2) is 5.10 Å². The van der Waals surface area contributed by atoms with E-state index in [1.165, 1.54) is 5.01 Å². The molecule has 0 aliphatic rings. The van der Waals surface area contributed by atoms with Crippen molar-refractivity contribution in [2.45, 2.75) is 6.92 Å². The van der Waals surface area contributed by atoms with Gasteiger partial charge < -0.3 is 10.4 Å². The van der Waals surface area contributed by atoms with E-state index >= 15 is 0 Å². The number of nitrogens with zero attached hydrogens (tertiary/aromatic N) is 2. The number of hydrazone groups is 1. The van der Waals surface area contributed by atoms with Gasteiger partial charge in [0.25, 0.3) is 0 Å². The van der Waals surface area contributed by atoms with Crippen LogP contribution in [0, 0.1) is 0 Å². The zero-order valence-electron chi connectivity index (χ0n) is 5.47. The van der Waals surface area contributed by atoms with E-state index in [1.54, 1.807) is 14.1 Å². The Morgan fingerprint density at radius 1 is 1.75 bits per heavy atom. The average Bonchev–Trinajstić information content (AvgIpc) is 1.67. The topological polar surface area (TPSA) is 53.7 Å². The standard InChI is InChI=1S/C4H12N4/c1-4(7-6-2)8(3)5/h6H,5H2,1-3H3/b7-4-. The van der Waals surface area contributed by atoms with Gasteiger partial charge in [0, 0.05) is 14.1 Å². The molecule has 0 bridgehead atoms. The molecule has 0 aromatic carbocycles. The minimum absolute atomic E-state index is 0.757. The van der Waals surface area contributed by atoms with Crippen LogP contribution in [0.3, 0.4) is 0 Å². The molecular formula is C4H12N4. The summed E-state index contributed by atoms with van der Waals surface area (Å²) >= 11 is 0. The number of amidine groups is 1. The van der Waals surface area contributed by atoms with Crippen LogP contribution in [0.4, 0.5) is 0 Å². The Morgan fingerprint density at radius 3 is 2.38 bits per heavy atom. The Balaban J connectivity index is 3.61. The number of nitrogens with two attached hydrogens (primary N) is 1. The van der Waals surface area contributed by atoms with Crippen molar-refractivity contribution >= 4 is 5.84 Å². The molecule has 0 unspecified atom stereocenters. The van der Waals surface area contributed by atoms with Crippen molar-refractivity contribution in [3.63, 3.8) is 0 Å². The van der Waals surface area contributed by atoms with Gasteiger partial charge >= 0.3 is 0 Å². The van der Waals surface area contributed by atoms with Crippen molar-refractivity contribution < 1.29 is 0 Å². The zero-order valence-corrected chi connectivity index (χ0v) is 5.47. The first-order chi connectivity index (χ1) is 3.68. The fraction of sp³-hybridized carbons (Fsp3) is 0.750. The summed E-state index contributed by atoms with van der Waals surface area (Å²) in [6, 6.07) is 0. The molecule has 0 fully saturated rings. The number of hydrogen-bond acceptors (Lipinski definition) is 3. The summed E-state index contributed by atoms with van der Waals surface area (Å²) in [5.74, 6) is 6.04. The molecule has 0 saturated heterocycles. The first-order valence-corrected chi connectivity index (χ1v) is 2.38. The molecule has 3 N–H and O–H groups in total. The van der Waals surface area contributed by atoms with E-state index < -0.39 is 0 Å². The molecule has 0 heterocycles. The first kappa shape index (κ1) is 7.23. The summed E-state index contributed by atoms with van der Waals surface area (Å²) in [5.41, 5.74) is 2.62. The third-order valence-electron chi connectivity index (χ3n) is 0.784. The summed E-state index contributed by atoms with van der Waals surface area (Å²) in [4.78, 5) is 0. The van der Waals surface area contributed by atoms with Crippen LogP contribution in [0.5, 0.6) is 0 Å². The van der Waals surface area contributed by atoms with Crippen LogP contribution in [0.1, 0.15) is 6.92 Å². The summed E-state index contributed by atoms with van der Waals surface area (Å²) in [6.07, 6.45) is 0. The molecule has 0 aromatic heterocycles. The maximum atomic E-state index is 5.28. The van der Waals surface area contributed by atoms with Gasteiger partial charge in [-0.2, -0.15) is 5.10 Å². The lowest BCUT2D eigenvalue weighted by Gasteiger charge is -2.08. The van der Waals surface area contributed by atoms with E-state index in [2.05, 4.69) is 10.5 Å². The normalized spacial score (nSPS) is 11.2. The Hall–Kier alpha value is -0.770. The minimum Gasteiger partial charge on any atom is -0.311 e. The SMILES string of the molecule is CN/N=C(/C)N(C)N. The number of hydrogen-bond donors (Lipinski definition) is 2. The number of nitrogens with one attached hydrogen (secondary N) is 1. The quantitative estimate of drug-likeness (QED) is 0.207. The van der Waals surface area contributed by atoms with Crippen LogP contribution in [0.25, 0.3) is 0 Å². The molecule has 8 heavy (non-hydrogen) atoms. The van der Waals surface area contributed by atoms with Crippen LogP contribution in [0.2, 0.25) is 0 Å². The van der Waals surface area contributed by atoms with Crippen LogP contribution < -0.4 is 11.3 Å². The first-order valence-electron chi connectivity index (χ1n) is 2.38. The van der Waals surface area contributed by atoms with E-state index in [0.717, 1.165) is 5.84 Å². The summed E-state index contributed by atoms with van der Waals surface area (Å²) in [6.45, 7) is 1.82. The minimum atomic E-state index is 0.757. The summed E-state index contributed by atoms with van der Waals surface area (Å²) in [5, 5.41) is 5.23. The lowest BCUT2D eigenvalue weighted by atomic mass is 10.7. The van der Waals surface area contributed by atoms with Crippen LogP contribution in [-0.2, 0) is 0 Å². The van der Waals surface area contributed by atoms with Gasteiger partial charge in [0.2, 0.25) is 0 Å². The lowest BCUT2D eigenvalue weighted by molar-refractivity contribution is 0.528. The second-order valence-corrected chi connectivity index (χ2v) is 1.49. The van der Waals surface area contributed by atoms with Gasteiger partial charge in [-0.05, 0) is 6.92 Å². The van der Waals surface area contributed by atoms with Crippen LogP contribution in [-0.4, -0.2) is 24.9 Å². The monoisotopic (exact) mass is 116 g/mol. The van der Waals surface area contributed by atoms with Crippen molar-refractivity contribution in [3.05, 3.63) is 0 Å². The van der Waals surface area contributed by atoms with Gasteiger partial charge in [0.1, 0.15) is 5.84 Å². The Morgan fingerprint density at radius 2 is 2.25 bits per heavy atom. The van der Waals surface area contributed by atoms with E-state index in [-0.39, 0.29) is 0 Å². The molecule has 0 spiro atoms. The molecule has 0 aromatic rings. The molecule has 0 radical (unpaired) electrons. The average molecular weight is 116 g/mol. The highest BCUT2D eigenvalue weighted by Crippen LogP contribution is 1.72. The van der Waals surface area contributed by atoms with Crippen molar-refractivity contribution in [2.24, 2.45) is 10.9 Å². The lowest BCUT2D eigenvalue weighted by Crippen LogP contribution is -2.32. The highest BCUT2D eigenvalue weighted by molar-refractivity contribution is 5.78. The highest BCUT2D eigenvalue weighted by Gasteiger charge is 1.88. The fourth-order valence-electron chi connectivity index (χ4n) is 0.241. The Bertz CT molecular complexity index is 86.0. The smallest absolute Gasteiger partial charge is 0.135 e. The molecule has 0 aliphatic heterocycles. The predicted octanol–water partition coefficient (Wildman–Crippen LogP) is -0.655. The maximum absolute atomic E-state index is 5.28. The second kappa shape index (κ2) is 3.26. The largest absolute Gasteiger partial charge is 0.311 e. The van der Waals surface area contributed by atoms with Crippen molar-refractivity contribution in [3.8, 4) is 0 Å². The molecule has 0 amide bonds. The number of hydrazine groups is 1. The Labute approximate surface area is 49.3 Å². The molecule has 0 aliphatic carbocycles. The van der Waals surface area contributed by atoms with E-state index in [4.69, 9.17) is 5.84 Å². The molecule has 4 heteroatoms. The fourth-order valence-corrected chi connectivity index (χ4v) is 0.241. The van der Waals surface area contributed by atoms with Crippen molar-refractivity contribution in [2.75, 3.05) is 14.1 Å². The second-order valence-electron chi connectivity index (χ2n) is 1.49. The number of rotatable bonds is 1. The molecule has 0 saturated carbocycles. The maximum Gasteiger partial charge on any atom is 0.135 e. The highest BCUT2D eigenvalue weighted by atomic mass is 15.4. The van der Waals surface area contributed by atoms with Crippen molar-refractivity contribution in [1.82, 2.24) is 10.4 Å². The van der Waals surface area contributed by atoms with Gasteiger partial charge in [-0.1, -0.05) is 0 Å². The summed E-state index contributed by atoms with van der Waals surface area (Å²) in [7, 11) is 3.46.